The van der Waals surface area contributed by atoms with Crippen LogP contribution >= 0.6 is 0 Å². The number of hydrogen-bond acceptors (Lipinski definition) is 4. The molecule has 2 amide bonds. The zero-order chi connectivity index (χ0) is 18.1. The Balaban J connectivity index is 0.000000648. The third kappa shape index (κ3) is 7.18. The number of hydrogen-bond donors (Lipinski definition) is 2. The number of nitrogens with two attached hydrogens (primary N) is 1. The summed E-state index contributed by atoms with van der Waals surface area (Å²) in [4.78, 5) is 27.8. The zero-order valence-electron chi connectivity index (χ0n) is 15.9. The number of nitrogens with zero attached hydrogens (tertiary/aromatic N) is 2. The van der Waals surface area contributed by atoms with E-state index in [9.17, 15) is 9.59 Å². The average Bonchev–Trinajstić information content (AvgIpc) is 2.52. The lowest BCUT2D eigenvalue weighted by Crippen LogP contribution is -2.56. The van der Waals surface area contributed by atoms with Crippen molar-refractivity contribution in [2.75, 3.05) is 39.3 Å². The SMILES string of the molecule is CC(C)C.CC1NCCN(CC(=O)N2CCC(CCN)CC2)C1=O. The number of rotatable bonds is 4. The highest BCUT2D eigenvalue weighted by Gasteiger charge is 2.29. The highest BCUT2D eigenvalue weighted by molar-refractivity contribution is 5.87. The largest absolute Gasteiger partial charge is 0.341 e. The molecule has 0 aromatic carbocycles. The standard InChI is InChI=1S/C14H26N4O2.C4H10/c1-11-14(20)18(9-6-16-11)10-13(19)17-7-3-12(2-5-15)4-8-17;1-4(2)3/h11-12,16H,2-10,15H2,1H3;4H,1-3H3. The van der Waals surface area contributed by atoms with Crippen LogP contribution in [-0.4, -0.2) is 66.9 Å². The first-order valence-electron chi connectivity index (χ1n) is 9.35. The van der Waals surface area contributed by atoms with Crippen LogP contribution in [0.1, 0.15) is 47.0 Å². The van der Waals surface area contributed by atoms with E-state index in [-0.39, 0.29) is 24.4 Å². The second-order valence-corrected chi connectivity index (χ2v) is 7.57. The van der Waals surface area contributed by atoms with Crippen LogP contribution in [-0.2, 0) is 9.59 Å². The molecule has 0 saturated carbocycles. The summed E-state index contributed by atoms with van der Waals surface area (Å²) in [5.41, 5.74) is 5.58. The molecule has 2 heterocycles. The third-order valence-corrected chi connectivity index (χ3v) is 4.38. The molecule has 2 fully saturated rings. The Labute approximate surface area is 147 Å². The molecule has 0 aliphatic carbocycles. The van der Waals surface area contributed by atoms with Gasteiger partial charge in [0.05, 0.1) is 12.6 Å². The van der Waals surface area contributed by atoms with E-state index in [0.29, 0.717) is 12.5 Å². The van der Waals surface area contributed by atoms with Crippen molar-refractivity contribution in [3.8, 4) is 0 Å². The lowest BCUT2D eigenvalue weighted by molar-refractivity contribution is -0.143. The van der Waals surface area contributed by atoms with Crippen molar-refractivity contribution in [3.63, 3.8) is 0 Å². The summed E-state index contributed by atoms with van der Waals surface area (Å²) in [6.45, 7) is 12.3. The fraction of sp³-hybridized carbons (Fsp3) is 0.889. The third-order valence-electron chi connectivity index (χ3n) is 4.38. The summed E-state index contributed by atoms with van der Waals surface area (Å²) in [5, 5.41) is 3.11. The van der Waals surface area contributed by atoms with Gasteiger partial charge in [-0.15, -0.1) is 0 Å². The lowest BCUT2D eigenvalue weighted by Gasteiger charge is -2.35. The summed E-state index contributed by atoms with van der Waals surface area (Å²) in [6.07, 6.45) is 3.12. The normalized spacial score (nSPS) is 22.4. The first kappa shape index (κ1) is 20.9. The maximum Gasteiger partial charge on any atom is 0.242 e. The zero-order valence-corrected chi connectivity index (χ0v) is 15.9. The van der Waals surface area contributed by atoms with Crippen LogP contribution in [0.15, 0.2) is 0 Å². The Bertz CT molecular complexity index is 390. The van der Waals surface area contributed by atoms with E-state index in [1.54, 1.807) is 4.90 Å². The van der Waals surface area contributed by atoms with Crippen molar-refractivity contribution in [2.45, 2.75) is 53.0 Å². The summed E-state index contributed by atoms with van der Waals surface area (Å²) in [7, 11) is 0. The Morgan fingerprint density at radius 2 is 1.83 bits per heavy atom. The molecule has 1 atom stereocenters. The minimum absolute atomic E-state index is 0.0302. The monoisotopic (exact) mass is 340 g/mol. The van der Waals surface area contributed by atoms with Crippen molar-refractivity contribution < 1.29 is 9.59 Å². The van der Waals surface area contributed by atoms with Crippen LogP contribution in [0.25, 0.3) is 0 Å². The molecule has 2 saturated heterocycles. The number of likely N-dealkylation sites (tertiary alicyclic amines) is 1. The number of carbonyl (C=O) groups is 2. The minimum atomic E-state index is -0.174. The lowest BCUT2D eigenvalue weighted by atomic mass is 9.93. The van der Waals surface area contributed by atoms with Gasteiger partial charge in [0.2, 0.25) is 11.8 Å². The maximum absolute atomic E-state index is 12.3. The van der Waals surface area contributed by atoms with Crippen LogP contribution in [0.3, 0.4) is 0 Å². The molecule has 2 rings (SSSR count). The first-order chi connectivity index (χ1) is 11.3. The summed E-state index contributed by atoms with van der Waals surface area (Å²) < 4.78 is 0. The molecule has 6 nitrogen and oxygen atoms in total. The quantitative estimate of drug-likeness (QED) is 0.802. The van der Waals surface area contributed by atoms with Gasteiger partial charge in [-0.2, -0.15) is 0 Å². The molecule has 1 unspecified atom stereocenters. The molecule has 2 aliphatic rings. The van der Waals surface area contributed by atoms with E-state index < -0.39 is 0 Å². The van der Waals surface area contributed by atoms with E-state index in [1.165, 1.54) is 0 Å². The molecule has 6 heteroatoms. The molecular formula is C18H36N4O2. The van der Waals surface area contributed by atoms with Crippen molar-refractivity contribution in [1.29, 1.82) is 0 Å². The van der Waals surface area contributed by atoms with E-state index in [1.807, 2.05) is 11.8 Å². The second kappa shape index (κ2) is 10.7. The molecule has 3 N–H and O–H groups in total. The van der Waals surface area contributed by atoms with Crippen LogP contribution in [0.2, 0.25) is 0 Å². The molecule has 0 aromatic rings. The van der Waals surface area contributed by atoms with Gasteiger partial charge >= 0.3 is 0 Å². The van der Waals surface area contributed by atoms with Crippen LogP contribution < -0.4 is 11.1 Å². The van der Waals surface area contributed by atoms with Gasteiger partial charge in [0.1, 0.15) is 0 Å². The fourth-order valence-electron chi connectivity index (χ4n) is 3.01. The number of carbonyl (C=O) groups excluding carboxylic acids is 2. The van der Waals surface area contributed by atoms with Gasteiger partial charge in [0, 0.05) is 26.2 Å². The Morgan fingerprint density at radius 3 is 2.38 bits per heavy atom. The molecular weight excluding hydrogens is 304 g/mol. The van der Waals surface area contributed by atoms with Gasteiger partial charge in [0.15, 0.2) is 0 Å². The van der Waals surface area contributed by atoms with Crippen molar-refractivity contribution in [3.05, 3.63) is 0 Å². The highest BCUT2D eigenvalue weighted by atomic mass is 16.2. The summed E-state index contributed by atoms with van der Waals surface area (Å²) >= 11 is 0. The average molecular weight is 341 g/mol. The molecule has 0 spiro atoms. The van der Waals surface area contributed by atoms with E-state index in [2.05, 4.69) is 26.1 Å². The highest BCUT2D eigenvalue weighted by Crippen LogP contribution is 2.20. The van der Waals surface area contributed by atoms with Crippen molar-refractivity contribution in [2.24, 2.45) is 17.6 Å². The fourth-order valence-corrected chi connectivity index (χ4v) is 3.01. The number of piperazine rings is 1. The van der Waals surface area contributed by atoms with E-state index in [4.69, 9.17) is 5.73 Å². The van der Waals surface area contributed by atoms with Gasteiger partial charge in [0.25, 0.3) is 0 Å². The maximum atomic E-state index is 12.3. The minimum Gasteiger partial charge on any atom is -0.341 e. The topological polar surface area (TPSA) is 78.7 Å². The number of amides is 2. The van der Waals surface area contributed by atoms with Crippen molar-refractivity contribution in [1.82, 2.24) is 15.1 Å². The van der Waals surface area contributed by atoms with Gasteiger partial charge in [-0.3, -0.25) is 9.59 Å². The summed E-state index contributed by atoms with van der Waals surface area (Å²) in [6, 6.07) is -0.174. The number of piperidine rings is 1. The molecule has 24 heavy (non-hydrogen) atoms. The first-order valence-corrected chi connectivity index (χ1v) is 9.35. The number of nitrogens with one attached hydrogen (secondary N) is 1. The predicted molar refractivity (Wildman–Crippen MR) is 97.5 cm³/mol. The van der Waals surface area contributed by atoms with Gasteiger partial charge < -0.3 is 20.9 Å². The van der Waals surface area contributed by atoms with Crippen molar-refractivity contribution >= 4 is 11.8 Å². The Morgan fingerprint density at radius 1 is 1.25 bits per heavy atom. The predicted octanol–water partition coefficient (Wildman–Crippen LogP) is 1.06. The van der Waals surface area contributed by atoms with Crippen LogP contribution in [0.5, 0.6) is 0 Å². The molecule has 2 aliphatic heterocycles. The van der Waals surface area contributed by atoms with Gasteiger partial charge in [-0.05, 0) is 44.6 Å². The van der Waals surface area contributed by atoms with Crippen LogP contribution in [0, 0.1) is 11.8 Å². The van der Waals surface area contributed by atoms with Gasteiger partial charge in [-0.25, -0.2) is 0 Å². The molecule has 0 radical (unpaired) electrons. The molecule has 0 aromatic heterocycles. The smallest absolute Gasteiger partial charge is 0.242 e. The summed E-state index contributed by atoms with van der Waals surface area (Å²) in [5.74, 6) is 1.60. The van der Waals surface area contributed by atoms with E-state index >= 15 is 0 Å². The Hall–Kier alpha value is -1.14. The van der Waals surface area contributed by atoms with Gasteiger partial charge in [-0.1, -0.05) is 20.8 Å². The van der Waals surface area contributed by atoms with Crippen LogP contribution in [0.4, 0.5) is 0 Å². The second-order valence-electron chi connectivity index (χ2n) is 7.57. The Kier molecular flexibility index (Phi) is 9.29. The molecule has 0 bridgehead atoms. The van der Waals surface area contributed by atoms with E-state index in [0.717, 1.165) is 51.4 Å². The molecule has 140 valence electrons.